The molecule has 0 aliphatic heterocycles. The van der Waals surface area contributed by atoms with Crippen LogP contribution in [0.5, 0.6) is 0 Å². The molecule has 30 heavy (non-hydrogen) atoms. The second kappa shape index (κ2) is 7.59. The van der Waals surface area contributed by atoms with E-state index in [-0.39, 0.29) is 5.91 Å². The second-order valence-electron chi connectivity index (χ2n) is 7.38. The third-order valence-electron chi connectivity index (χ3n) is 5.33. The van der Waals surface area contributed by atoms with Gasteiger partial charge in [-0.2, -0.15) is 5.10 Å². The maximum atomic E-state index is 12.7. The highest BCUT2D eigenvalue weighted by molar-refractivity contribution is 5.95. The first kappa shape index (κ1) is 18.3. The van der Waals surface area contributed by atoms with Crippen LogP contribution in [0.15, 0.2) is 59.4 Å². The molecule has 7 heteroatoms. The quantitative estimate of drug-likeness (QED) is 0.556. The summed E-state index contributed by atoms with van der Waals surface area (Å²) in [6.45, 7) is 2.89. The molecule has 4 aromatic heterocycles. The van der Waals surface area contributed by atoms with E-state index in [0.717, 1.165) is 46.8 Å². The van der Waals surface area contributed by atoms with Gasteiger partial charge in [0.25, 0.3) is 5.91 Å². The highest BCUT2D eigenvalue weighted by Gasteiger charge is 2.29. The van der Waals surface area contributed by atoms with Crippen molar-refractivity contribution in [1.82, 2.24) is 25.1 Å². The molecule has 0 saturated carbocycles. The second-order valence-corrected chi connectivity index (χ2v) is 7.38. The summed E-state index contributed by atoms with van der Waals surface area (Å²) in [6, 6.07) is 11.5. The summed E-state index contributed by atoms with van der Waals surface area (Å²) in [6.07, 6.45) is 7.16. The first-order valence-corrected chi connectivity index (χ1v) is 9.96. The summed E-state index contributed by atoms with van der Waals surface area (Å²) < 4.78 is 7.89. The fourth-order valence-electron chi connectivity index (χ4n) is 3.87. The first-order valence-electron chi connectivity index (χ1n) is 9.96. The van der Waals surface area contributed by atoms with Gasteiger partial charge < -0.3 is 9.73 Å². The molecule has 4 heterocycles. The van der Waals surface area contributed by atoms with Gasteiger partial charge in [-0.05, 0) is 43.2 Å². The number of hydrogen-bond acceptors (Lipinski definition) is 5. The maximum absolute atomic E-state index is 12.7. The van der Waals surface area contributed by atoms with Crippen molar-refractivity contribution in [3.63, 3.8) is 0 Å². The average Bonchev–Trinajstić information content (AvgIpc) is 3.33. The van der Waals surface area contributed by atoms with Gasteiger partial charge in [-0.25, -0.2) is 0 Å². The topological polar surface area (TPSA) is 85.8 Å². The fraction of sp³-hybridized carbons (Fsp3) is 0.217. The fourth-order valence-corrected chi connectivity index (χ4v) is 3.87. The van der Waals surface area contributed by atoms with Gasteiger partial charge in [-0.1, -0.05) is 12.1 Å². The van der Waals surface area contributed by atoms with Crippen LogP contribution in [0.25, 0.3) is 11.3 Å². The van der Waals surface area contributed by atoms with Crippen LogP contribution in [-0.4, -0.2) is 25.7 Å². The summed E-state index contributed by atoms with van der Waals surface area (Å²) in [5.74, 6) is 0.941. The lowest BCUT2D eigenvalue weighted by molar-refractivity contribution is 0.0920. The van der Waals surface area contributed by atoms with Crippen LogP contribution in [0.4, 0.5) is 0 Å². The Balaban J connectivity index is 1.40. The highest BCUT2D eigenvalue weighted by Crippen LogP contribution is 2.38. The molecule has 0 saturated heterocycles. The van der Waals surface area contributed by atoms with E-state index >= 15 is 0 Å². The Labute approximate surface area is 173 Å². The number of nitrogens with zero attached hydrogens (tertiary/aromatic N) is 4. The number of fused-ring (bicyclic) bond motifs is 3. The zero-order valence-electron chi connectivity index (χ0n) is 16.6. The Hall–Kier alpha value is -3.74. The molecule has 1 N–H and O–H groups in total. The lowest BCUT2D eigenvalue weighted by Gasteiger charge is -2.09. The molecule has 0 fully saturated rings. The molecule has 1 aliphatic rings. The first-order chi connectivity index (χ1) is 14.7. The van der Waals surface area contributed by atoms with Gasteiger partial charge in [0.05, 0.1) is 30.2 Å². The minimum absolute atomic E-state index is 0.234. The zero-order valence-corrected chi connectivity index (χ0v) is 16.6. The highest BCUT2D eigenvalue weighted by atomic mass is 16.4. The minimum Gasteiger partial charge on any atom is -0.455 e. The molecule has 0 unspecified atom stereocenters. The van der Waals surface area contributed by atoms with Crippen LogP contribution in [0.3, 0.4) is 0 Å². The zero-order chi connectivity index (χ0) is 20.5. The molecule has 1 amide bonds. The number of amides is 1. The molecule has 1 aliphatic carbocycles. The van der Waals surface area contributed by atoms with Crippen LogP contribution in [0.2, 0.25) is 0 Å². The van der Waals surface area contributed by atoms with Crippen LogP contribution < -0.4 is 5.32 Å². The van der Waals surface area contributed by atoms with E-state index in [4.69, 9.17) is 9.52 Å². The van der Waals surface area contributed by atoms with Crippen LogP contribution >= 0.6 is 0 Å². The maximum Gasteiger partial charge on any atom is 0.287 e. The van der Waals surface area contributed by atoms with Crippen LogP contribution in [0.1, 0.15) is 38.8 Å². The Bertz CT molecular complexity index is 1200. The van der Waals surface area contributed by atoms with Gasteiger partial charge in [0.1, 0.15) is 5.76 Å². The lowest BCUT2D eigenvalue weighted by Crippen LogP contribution is -2.23. The minimum atomic E-state index is -0.234. The number of furan rings is 1. The van der Waals surface area contributed by atoms with Gasteiger partial charge in [0.15, 0.2) is 5.76 Å². The molecule has 0 aromatic carbocycles. The smallest absolute Gasteiger partial charge is 0.287 e. The van der Waals surface area contributed by atoms with E-state index in [1.807, 2.05) is 48.0 Å². The predicted molar refractivity (Wildman–Crippen MR) is 111 cm³/mol. The van der Waals surface area contributed by atoms with Crippen molar-refractivity contribution in [2.75, 3.05) is 0 Å². The SMILES string of the molecule is Cc1c(C(=O)NCc2ccccn2)oc2c1-c1nn(Cc3ccccn3)cc1CC2. The number of pyridine rings is 2. The molecule has 0 radical (unpaired) electrons. The number of nitrogens with one attached hydrogen (secondary N) is 1. The van der Waals surface area contributed by atoms with Crippen molar-refractivity contribution in [3.05, 3.63) is 89.0 Å². The Morgan fingerprint density at radius 3 is 2.60 bits per heavy atom. The van der Waals surface area contributed by atoms with Crippen molar-refractivity contribution < 1.29 is 9.21 Å². The van der Waals surface area contributed by atoms with Crippen molar-refractivity contribution in [1.29, 1.82) is 0 Å². The summed E-state index contributed by atoms with van der Waals surface area (Å²) in [5.41, 5.74) is 5.60. The summed E-state index contributed by atoms with van der Waals surface area (Å²) in [7, 11) is 0. The van der Waals surface area contributed by atoms with Crippen molar-refractivity contribution in [2.24, 2.45) is 0 Å². The lowest BCUT2D eigenvalue weighted by atomic mass is 9.93. The van der Waals surface area contributed by atoms with E-state index in [1.165, 1.54) is 5.56 Å². The summed E-state index contributed by atoms with van der Waals surface area (Å²) in [5, 5.41) is 7.69. The molecule has 0 bridgehead atoms. The van der Waals surface area contributed by atoms with E-state index in [0.29, 0.717) is 18.8 Å². The molecule has 5 rings (SSSR count). The number of carbonyl (C=O) groups excluding carboxylic acids is 1. The van der Waals surface area contributed by atoms with Crippen molar-refractivity contribution in [3.8, 4) is 11.3 Å². The summed E-state index contributed by atoms with van der Waals surface area (Å²) in [4.78, 5) is 21.4. The third kappa shape index (κ3) is 3.39. The molecular formula is C23H21N5O2. The van der Waals surface area contributed by atoms with E-state index < -0.39 is 0 Å². The Morgan fingerprint density at radius 1 is 1.10 bits per heavy atom. The van der Waals surface area contributed by atoms with Crippen molar-refractivity contribution in [2.45, 2.75) is 32.9 Å². The molecule has 7 nitrogen and oxygen atoms in total. The van der Waals surface area contributed by atoms with Gasteiger partial charge in [0.2, 0.25) is 0 Å². The van der Waals surface area contributed by atoms with Crippen LogP contribution in [-0.2, 0) is 25.9 Å². The van der Waals surface area contributed by atoms with Crippen LogP contribution in [0, 0.1) is 6.92 Å². The number of aromatic nitrogens is 4. The largest absolute Gasteiger partial charge is 0.455 e. The Kier molecular flexibility index (Phi) is 4.63. The third-order valence-corrected chi connectivity index (χ3v) is 5.33. The summed E-state index contributed by atoms with van der Waals surface area (Å²) >= 11 is 0. The normalized spacial score (nSPS) is 12.3. The molecule has 0 atom stereocenters. The Morgan fingerprint density at radius 2 is 1.87 bits per heavy atom. The van der Waals surface area contributed by atoms with Gasteiger partial charge in [-0.3, -0.25) is 19.4 Å². The van der Waals surface area contributed by atoms with Crippen molar-refractivity contribution >= 4 is 5.91 Å². The molecule has 0 spiro atoms. The van der Waals surface area contributed by atoms with E-state index in [1.54, 1.807) is 12.4 Å². The standard InChI is InChI=1S/C23H21N5O2/c1-15-20-19(30-22(15)23(29)26-12-17-6-2-4-10-24-17)9-8-16-13-28(27-21(16)20)14-18-7-3-5-11-25-18/h2-7,10-11,13H,8-9,12,14H2,1H3,(H,26,29). The number of hydrogen-bond donors (Lipinski definition) is 1. The monoisotopic (exact) mass is 399 g/mol. The predicted octanol–water partition coefficient (Wildman–Crippen LogP) is 3.32. The molecule has 4 aromatic rings. The number of rotatable bonds is 5. The van der Waals surface area contributed by atoms with E-state index in [9.17, 15) is 4.79 Å². The van der Waals surface area contributed by atoms with Gasteiger partial charge >= 0.3 is 0 Å². The van der Waals surface area contributed by atoms with Gasteiger partial charge in [-0.15, -0.1) is 0 Å². The van der Waals surface area contributed by atoms with E-state index in [2.05, 4.69) is 21.5 Å². The number of carbonyl (C=O) groups is 1. The molecular weight excluding hydrogens is 378 g/mol. The molecule has 150 valence electrons. The average molecular weight is 399 g/mol. The number of aryl methyl sites for hydroxylation is 2. The van der Waals surface area contributed by atoms with Gasteiger partial charge in [0, 0.05) is 36.1 Å².